The lowest BCUT2D eigenvalue weighted by Crippen LogP contribution is -2.19. The van der Waals surface area contributed by atoms with Crippen LogP contribution in [0.4, 0.5) is 0 Å². The van der Waals surface area contributed by atoms with Crippen LogP contribution in [0.3, 0.4) is 0 Å². The van der Waals surface area contributed by atoms with Crippen molar-refractivity contribution < 1.29 is 4.74 Å². The number of halogens is 1. The van der Waals surface area contributed by atoms with Gasteiger partial charge in [-0.15, -0.1) is 0 Å². The van der Waals surface area contributed by atoms with Crippen molar-refractivity contribution in [1.82, 2.24) is 0 Å². The Hall–Kier alpha value is -1.32. The van der Waals surface area contributed by atoms with E-state index < -0.39 is 0 Å². The van der Waals surface area contributed by atoms with Crippen LogP contribution in [0.25, 0.3) is 0 Å². The van der Waals surface area contributed by atoms with Crippen molar-refractivity contribution in [1.29, 1.82) is 0 Å². The smallest absolute Gasteiger partial charge is 0.137 e. The fourth-order valence-electron chi connectivity index (χ4n) is 2.17. The monoisotopic (exact) mass is 347 g/mol. The first-order chi connectivity index (χ1) is 9.91. The highest BCUT2D eigenvalue weighted by molar-refractivity contribution is 9.10. The Morgan fingerprint density at radius 1 is 1.05 bits per heavy atom. The van der Waals surface area contributed by atoms with Gasteiger partial charge in [-0.25, -0.2) is 0 Å². The minimum atomic E-state index is -0.152. The number of hydrogen-bond donors (Lipinski definition) is 1. The van der Waals surface area contributed by atoms with Crippen LogP contribution in [-0.2, 0) is 5.41 Å². The van der Waals surface area contributed by atoms with Gasteiger partial charge in [0.15, 0.2) is 0 Å². The summed E-state index contributed by atoms with van der Waals surface area (Å²) in [6.45, 7) is 7.04. The lowest BCUT2D eigenvalue weighted by Gasteiger charge is -2.21. The average Bonchev–Trinajstić information content (AvgIpc) is 2.45. The van der Waals surface area contributed by atoms with E-state index in [0.29, 0.717) is 6.54 Å². The van der Waals surface area contributed by atoms with Gasteiger partial charge in [-0.3, -0.25) is 0 Å². The number of hydrogen-bond acceptors (Lipinski definition) is 2. The summed E-state index contributed by atoms with van der Waals surface area (Å²) < 4.78 is 7.06. The van der Waals surface area contributed by atoms with Gasteiger partial charge in [0.05, 0.1) is 0 Å². The molecule has 21 heavy (non-hydrogen) atoms. The van der Waals surface area contributed by atoms with Gasteiger partial charge >= 0.3 is 0 Å². The molecule has 0 spiro atoms. The quantitative estimate of drug-likeness (QED) is 0.859. The van der Waals surface area contributed by atoms with Crippen molar-refractivity contribution in [3.05, 3.63) is 64.1 Å². The van der Waals surface area contributed by atoms with E-state index in [1.54, 1.807) is 0 Å². The molecule has 2 rings (SSSR count). The maximum Gasteiger partial charge on any atom is 0.137 e. The van der Waals surface area contributed by atoms with Gasteiger partial charge in [0.2, 0.25) is 0 Å². The first-order valence-corrected chi connectivity index (χ1v) is 7.93. The maximum atomic E-state index is 6.04. The van der Waals surface area contributed by atoms with Gasteiger partial charge in [-0.05, 0) is 29.2 Å². The summed E-state index contributed by atoms with van der Waals surface area (Å²) in [6.07, 6.45) is -0.152. The summed E-state index contributed by atoms with van der Waals surface area (Å²) in [6, 6.07) is 16.3. The molecule has 0 saturated heterocycles. The van der Waals surface area contributed by atoms with Gasteiger partial charge in [0.25, 0.3) is 0 Å². The summed E-state index contributed by atoms with van der Waals surface area (Å²) in [7, 11) is 0. The van der Waals surface area contributed by atoms with Crippen LogP contribution >= 0.6 is 15.9 Å². The predicted octanol–water partition coefficient (Wildman–Crippen LogP) is 4.83. The highest BCUT2D eigenvalue weighted by Crippen LogP contribution is 2.29. The lowest BCUT2D eigenvalue weighted by atomic mass is 9.87. The third kappa shape index (κ3) is 4.08. The topological polar surface area (TPSA) is 35.2 Å². The third-order valence-corrected chi connectivity index (χ3v) is 4.19. The van der Waals surface area contributed by atoms with Gasteiger partial charge in [0.1, 0.15) is 11.9 Å². The standard InChI is InChI=1S/C18H22BrNO/c1-18(2,3)13-8-10-14(11-9-13)21-17(12-20)15-6-4-5-7-16(15)19/h4-11,17H,12,20H2,1-3H3. The van der Waals surface area contributed by atoms with Gasteiger partial charge in [0, 0.05) is 16.6 Å². The van der Waals surface area contributed by atoms with Gasteiger partial charge in [-0.1, -0.05) is 67.0 Å². The summed E-state index contributed by atoms with van der Waals surface area (Å²) in [5.41, 5.74) is 8.38. The van der Waals surface area contributed by atoms with E-state index in [-0.39, 0.29) is 11.5 Å². The molecule has 0 aliphatic rings. The minimum Gasteiger partial charge on any atom is -0.484 e. The van der Waals surface area contributed by atoms with Gasteiger partial charge in [-0.2, -0.15) is 0 Å². The van der Waals surface area contributed by atoms with Crippen molar-refractivity contribution in [2.75, 3.05) is 6.54 Å². The van der Waals surface area contributed by atoms with E-state index in [9.17, 15) is 0 Å². The number of ether oxygens (including phenoxy) is 1. The molecular formula is C18H22BrNO. The first-order valence-electron chi connectivity index (χ1n) is 7.13. The first kappa shape index (κ1) is 16.1. The summed E-state index contributed by atoms with van der Waals surface area (Å²) in [4.78, 5) is 0. The normalized spacial score (nSPS) is 13.0. The number of nitrogens with two attached hydrogens (primary N) is 1. The summed E-state index contributed by atoms with van der Waals surface area (Å²) in [5.74, 6) is 0.842. The van der Waals surface area contributed by atoms with Crippen LogP contribution in [-0.4, -0.2) is 6.54 Å². The molecule has 2 nitrogen and oxygen atoms in total. The number of benzene rings is 2. The van der Waals surface area contributed by atoms with Crippen LogP contribution in [0.15, 0.2) is 53.0 Å². The zero-order valence-corrected chi connectivity index (χ0v) is 14.4. The van der Waals surface area contributed by atoms with E-state index in [4.69, 9.17) is 10.5 Å². The van der Waals surface area contributed by atoms with Crippen LogP contribution in [0, 0.1) is 0 Å². The zero-order valence-electron chi connectivity index (χ0n) is 12.8. The van der Waals surface area contributed by atoms with Crippen LogP contribution < -0.4 is 10.5 Å². The SMILES string of the molecule is CC(C)(C)c1ccc(OC(CN)c2ccccc2Br)cc1. The second-order valence-electron chi connectivity index (χ2n) is 6.14. The maximum absolute atomic E-state index is 6.04. The van der Waals surface area contributed by atoms with Crippen molar-refractivity contribution in [2.45, 2.75) is 32.3 Å². The highest BCUT2D eigenvalue weighted by atomic mass is 79.9. The summed E-state index contributed by atoms with van der Waals surface area (Å²) in [5, 5.41) is 0. The Morgan fingerprint density at radius 2 is 1.67 bits per heavy atom. The minimum absolute atomic E-state index is 0.147. The van der Waals surface area contributed by atoms with Crippen molar-refractivity contribution >= 4 is 15.9 Å². The average molecular weight is 348 g/mol. The molecule has 1 atom stereocenters. The molecule has 0 bridgehead atoms. The molecule has 0 fully saturated rings. The molecule has 1 unspecified atom stereocenters. The molecule has 2 N–H and O–H groups in total. The van der Waals surface area contributed by atoms with Gasteiger partial charge < -0.3 is 10.5 Å². The molecular weight excluding hydrogens is 326 g/mol. The Morgan fingerprint density at radius 3 is 2.19 bits per heavy atom. The molecule has 0 heterocycles. The van der Waals surface area contributed by atoms with E-state index in [2.05, 4.69) is 48.8 Å². The van der Waals surface area contributed by atoms with E-state index >= 15 is 0 Å². The largest absolute Gasteiger partial charge is 0.484 e. The molecule has 2 aromatic rings. The van der Waals surface area contributed by atoms with Crippen LogP contribution in [0.5, 0.6) is 5.75 Å². The molecule has 3 heteroatoms. The zero-order chi connectivity index (χ0) is 15.5. The van der Waals surface area contributed by atoms with Crippen molar-refractivity contribution in [2.24, 2.45) is 5.73 Å². The Kier molecular flexibility index (Phi) is 5.07. The summed E-state index contributed by atoms with van der Waals surface area (Å²) >= 11 is 3.55. The molecule has 0 radical (unpaired) electrons. The Labute approximate surface area is 135 Å². The second kappa shape index (κ2) is 6.63. The molecule has 0 amide bonds. The van der Waals surface area contributed by atoms with Crippen LogP contribution in [0.2, 0.25) is 0 Å². The van der Waals surface area contributed by atoms with Crippen LogP contribution in [0.1, 0.15) is 38.0 Å². The van der Waals surface area contributed by atoms with Crippen molar-refractivity contribution in [3.8, 4) is 5.75 Å². The van der Waals surface area contributed by atoms with E-state index in [1.807, 2.05) is 36.4 Å². The van der Waals surface area contributed by atoms with Crippen molar-refractivity contribution in [3.63, 3.8) is 0 Å². The molecule has 0 aliphatic carbocycles. The molecule has 0 saturated carbocycles. The second-order valence-corrected chi connectivity index (χ2v) is 6.99. The molecule has 0 aromatic heterocycles. The Bertz CT molecular complexity index is 587. The van der Waals surface area contributed by atoms with E-state index in [1.165, 1.54) is 5.56 Å². The lowest BCUT2D eigenvalue weighted by molar-refractivity contribution is 0.213. The predicted molar refractivity (Wildman–Crippen MR) is 91.7 cm³/mol. The fraction of sp³-hybridized carbons (Fsp3) is 0.333. The highest BCUT2D eigenvalue weighted by Gasteiger charge is 2.16. The fourth-order valence-corrected chi connectivity index (χ4v) is 2.71. The Balaban J connectivity index is 2.18. The molecule has 2 aromatic carbocycles. The molecule has 0 aliphatic heterocycles. The number of rotatable bonds is 4. The third-order valence-electron chi connectivity index (χ3n) is 3.46. The van der Waals surface area contributed by atoms with E-state index in [0.717, 1.165) is 15.8 Å². The molecule has 112 valence electrons.